The fourth-order valence-electron chi connectivity index (χ4n) is 4.66. The molecule has 188 valence electrons. The molecule has 0 fully saturated rings. The predicted molar refractivity (Wildman–Crippen MR) is 159 cm³/mol. The smallest absolute Gasteiger partial charge is 0.157 e. The standard InChI is InChI=1S/C33H35N3O/c1-6-12-22(4)25(8-3)26-15-11-16-27(23(26)5)33(36-32(34)13-7-2)35-21-24-18-19-29-28-14-9-10-17-30(28)37-31(29)20-24/h6,8-12,14-20H,3,7,13,21H2,1-2,4-5H3,(H2,34,35,36)/b12-6-,25-22+. The Morgan fingerprint density at radius 3 is 2.51 bits per heavy atom. The molecular weight excluding hydrogens is 454 g/mol. The topological polar surface area (TPSA) is 63.9 Å². The van der Waals surface area contributed by atoms with Crippen LogP contribution in [0.3, 0.4) is 0 Å². The summed E-state index contributed by atoms with van der Waals surface area (Å²) >= 11 is 0. The number of hydrogen-bond donors (Lipinski definition) is 1. The van der Waals surface area contributed by atoms with Gasteiger partial charge >= 0.3 is 0 Å². The minimum atomic E-state index is 0.469. The van der Waals surface area contributed by atoms with Crippen LogP contribution in [0.2, 0.25) is 0 Å². The Morgan fingerprint density at radius 2 is 1.76 bits per heavy atom. The van der Waals surface area contributed by atoms with Crippen LogP contribution in [-0.2, 0) is 6.54 Å². The minimum Gasteiger partial charge on any atom is -0.456 e. The van der Waals surface area contributed by atoms with Gasteiger partial charge in [0, 0.05) is 22.8 Å². The molecule has 4 aromatic rings. The number of furan rings is 1. The van der Waals surface area contributed by atoms with E-state index in [0.29, 0.717) is 18.2 Å². The van der Waals surface area contributed by atoms with Gasteiger partial charge in [0.05, 0.1) is 6.54 Å². The van der Waals surface area contributed by atoms with Gasteiger partial charge in [0.1, 0.15) is 17.0 Å². The van der Waals surface area contributed by atoms with Crippen molar-refractivity contribution in [3.8, 4) is 0 Å². The Labute approximate surface area is 219 Å². The molecule has 1 heterocycles. The molecule has 0 unspecified atom stereocenters. The molecule has 0 aliphatic carbocycles. The minimum absolute atomic E-state index is 0.469. The maximum atomic E-state index is 6.29. The van der Waals surface area contributed by atoms with E-state index in [1.165, 1.54) is 0 Å². The number of hydrogen-bond acceptors (Lipinski definition) is 2. The molecule has 0 saturated carbocycles. The van der Waals surface area contributed by atoms with E-state index in [9.17, 15) is 0 Å². The Bertz CT molecular complexity index is 1560. The summed E-state index contributed by atoms with van der Waals surface area (Å²) < 4.78 is 6.08. The molecule has 4 nitrogen and oxygen atoms in total. The third-order valence-corrected chi connectivity index (χ3v) is 6.52. The van der Waals surface area contributed by atoms with Crippen LogP contribution in [-0.4, -0.2) is 11.7 Å². The lowest BCUT2D eigenvalue weighted by molar-refractivity contribution is 0.668. The van der Waals surface area contributed by atoms with Crippen LogP contribution in [0, 0.1) is 6.92 Å². The molecule has 37 heavy (non-hydrogen) atoms. The number of nitrogens with two attached hydrogens (primary N) is 1. The highest BCUT2D eigenvalue weighted by Gasteiger charge is 2.14. The second kappa shape index (κ2) is 11.7. The highest BCUT2D eigenvalue weighted by atomic mass is 16.3. The average molecular weight is 490 g/mol. The van der Waals surface area contributed by atoms with E-state index in [2.05, 4.69) is 69.8 Å². The average Bonchev–Trinajstić information content (AvgIpc) is 3.26. The maximum absolute atomic E-state index is 6.29. The van der Waals surface area contributed by atoms with Gasteiger partial charge in [-0.3, -0.25) is 4.99 Å². The zero-order chi connectivity index (χ0) is 26.4. The van der Waals surface area contributed by atoms with E-state index < -0.39 is 0 Å². The first-order valence-electron chi connectivity index (χ1n) is 12.8. The van der Waals surface area contributed by atoms with Crippen LogP contribution in [0.15, 0.2) is 105 Å². The third kappa shape index (κ3) is 5.64. The van der Waals surface area contributed by atoms with Crippen LogP contribution < -0.4 is 5.73 Å². The van der Waals surface area contributed by atoms with E-state index in [4.69, 9.17) is 20.1 Å². The normalized spacial score (nSPS) is 13.5. The van der Waals surface area contributed by atoms with Gasteiger partial charge in [0.25, 0.3) is 0 Å². The van der Waals surface area contributed by atoms with Crippen LogP contribution >= 0.6 is 0 Å². The van der Waals surface area contributed by atoms with Crippen molar-refractivity contribution in [2.45, 2.75) is 47.1 Å². The molecular formula is C33H35N3O. The highest BCUT2D eigenvalue weighted by molar-refractivity contribution is 6.08. The zero-order valence-corrected chi connectivity index (χ0v) is 22.2. The van der Waals surface area contributed by atoms with E-state index >= 15 is 0 Å². The van der Waals surface area contributed by atoms with Crippen molar-refractivity contribution in [1.82, 2.24) is 0 Å². The summed E-state index contributed by atoms with van der Waals surface area (Å²) in [6, 6.07) is 20.6. The molecule has 4 rings (SSSR count). The van der Waals surface area contributed by atoms with Gasteiger partial charge in [0.15, 0.2) is 5.84 Å². The summed E-state index contributed by atoms with van der Waals surface area (Å²) in [4.78, 5) is 9.75. The lowest BCUT2D eigenvalue weighted by atomic mass is 9.93. The second-order valence-corrected chi connectivity index (χ2v) is 9.20. The fourth-order valence-corrected chi connectivity index (χ4v) is 4.66. The first-order valence-corrected chi connectivity index (χ1v) is 12.8. The molecule has 0 atom stereocenters. The molecule has 0 bridgehead atoms. The van der Waals surface area contributed by atoms with Crippen molar-refractivity contribution in [1.29, 1.82) is 0 Å². The van der Waals surface area contributed by atoms with E-state index in [1.807, 2.05) is 43.3 Å². The van der Waals surface area contributed by atoms with Gasteiger partial charge in [-0.25, -0.2) is 4.99 Å². The molecule has 2 N–H and O–H groups in total. The SMILES string of the molecule is C=C/C(=C(C)\C=C/C)c1cccc(C(N=C(N)CCC)=NCc2ccc3c(c2)oc2ccccc23)c1C. The zero-order valence-electron chi connectivity index (χ0n) is 22.2. The monoisotopic (exact) mass is 489 g/mol. The molecule has 0 amide bonds. The molecule has 0 radical (unpaired) electrons. The molecule has 0 spiro atoms. The summed E-state index contributed by atoms with van der Waals surface area (Å²) in [5.74, 6) is 1.23. The highest BCUT2D eigenvalue weighted by Crippen LogP contribution is 2.30. The number of amidine groups is 2. The molecule has 0 aliphatic heterocycles. The van der Waals surface area contributed by atoms with Crippen molar-refractivity contribution in [3.05, 3.63) is 113 Å². The molecule has 3 aromatic carbocycles. The van der Waals surface area contributed by atoms with Crippen LogP contribution in [0.25, 0.3) is 27.5 Å². The molecule has 0 saturated heterocycles. The van der Waals surface area contributed by atoms with Crippen molar-refractivity contribution >= 4 is 39.2 Å². The van der Waals surface area contributed by atoms with Gasteiger partial charge in [0.2, 0.25) is 0 Å². The third-order valence-electron chi connectivity index (χ3n) is 6.52. The summed E-state index contributed by atoms with van der Waals surface area (Å²) in [5, 5.41) is 2.23. The lowest BCUT2D eigenvalue weighted by Gasteiger charge is -2.14. The molecule has 1 aromatic heterocycles. The summed E-state index contributed by atoms with van der Waals surface area (Å²) in [6.07, 6.45) is 7.70. The van der Waals surface area contributed by atoms with Gasteiger partial charge in [-0.2, -0.15) is 0 Å². The summed E-state index contributed by atoms with van der Waals surface area (Å²) in [5.41, 5.74) is 14.5. The number of nitrogens with zero attached hydrogens (tertiary/aromatic N) is 2. The van der Waals surface area contributed by atoms with Crippen LogP contribution in [0.1, 0.15) is 55.9 Å². The van der Waals surface area contributed by atoms with Gasteiger partial charge < -0.3 is 10.2 Å². The van der Waals surface area contributed by atoms with Crippen molar-refractivity contribution in [3.63, 3.8) is 0 Å². The van der Waals surface area contributed by atoms with Crippen molar-refractivity contribution in [2.75, 3.05) is 0 Å². The number of allylic oxidation sites excluding steroid dienone is 5. The lowest BCUT2D eigenvalue weighted by Crippen LogP contribution is -2.15. The van der Waals surface area contributed by atoms with Gasteiger partial charge in [-0.05, 0) is 67.2 Å². The number of aliphatic imine (C=N–C) groups is 2. The number of fused-ring (bicyclic) bond motifs is 3. The Balaban J connectivity index is 1.78. The first-order chi connectivity index (χ1) is 18.0. The van der Waals surface area contributed by atoms with Crippen molar-refractivity contribution in [2.24, 2.45) is 15.7 Å². The summed E-state index contributed by atoms with van der Waals surface area (Å²) in [7, 11) is 0. The molecule has 4 heteroatoms. The number of rotatable bonds is 8. The van der Waals surface area contributed by atoms with Gasteiger partial charge in [-0.1, -0.05) is 80.3 Å². The molecule has 0 aliphatic rings. The van der Waals surface area contributed by atoms with E-state index in [1.54, 1.807) is 0 Å². The Morgan fingerprint density at radius 1 is 1.00 bits per heavy atom. The quantitative estimate of drug-likeness (QED) is 0.153. The largest absolute Gasteiger partial charge is 0.456 e. The first kappa shape index (κ1) is 25.9. The van der Waals surface area contributed by atoms with E-state index in [0.717, 1.165) is 68.2 Å². The van der Waals surface area contributed by atoms with Crippen molar-refractivity contribution < 1.29 is 4.42 Å². The van der Waals surface area contributed by atoms with Crippen LogP contribution in [0.4, 0.5) is 0 Å². The predicted octanol–water partition coefficient (Wildman–Crippen LogP) is 8.53. The van der Waals surface area contributed by atoms with E-state index in [-0.39, 0.29) is 0 Å². The maximum Gasteiger partial charge on any atom is 0.157 e. The second-order valence-electron chi connectivity index (χ2n) is 9.20. The summed E-state index contributed by atoms with van der Waals surface area (Å²) in [6.45, 7) is 12.9. The Hall–Kier alpha value is -4.18. The number of benzene rings is 3. The Kier molecular flexibility index (Phi) is 8.19. The number of para-hydroxylation sites is 1. The fraction of sp³-hybridized carbons (Fsp3) is 0.212. The van der Waals surface area contributed by atoms with Crippen LogP contribution in [0.5, 0.6) is 0 Å². The van der Waals surface area contributed by atoms with Gasteiger partial charge in [-0.15, -0.1) is 0 Å².